The smallest absolute Gasteiger partial charge is 0.108 e. The molecule has 1 atom stereocenters. The highest BCUT2D eigenvalue weighted by Gasteiger charge is 2.21. The minimum Gasteiger partial charge on any atom is -0.259 e. The van der Waals surface area contributed by atoms with E-state index in [1.807, 2.05) is 24.4 Å². The van der Waals surface area contributed by atoms with Gasteiger partial charge in [-0.2, -0.15) is 0 Å². The molecular formula is C22H15N3. The van der Waals surface area contributed by atoms with Gasteiger partial charge in [0.25, 0.3) is 0 Å². The van der Waals surface area contributed by atoms with Gasteiger partial charge in [-0.3, -0.25) is 4.99 Å². The van der Waals surface area contributed by atoms with Gasteiger partial charge in [-0.25, -0.2) is 9.98 Å². The van der Waals surface area contributed by atoms with Gasteiger partial charge in [0.15, 0.2) is 0 Å². The zero-order valence-electron chi connectivity index (χ0n) is 13.8. The number of rotatable bonds is 1. The molecule has 0 spiro atoms. The molecule has 2 aliphatic rings. The fourth-order valence-corrected chi connectivity index (χ4v) is 3.62. The van der Waals surface area contributed by atoms with E-state index in [9.17, 15) is 0 Å². The van der Waals surface area contributed by atoms with Gasteiger partial charge < -0.3 is 0 Å². The molecule has 5 rings (SSSR count). The van der Waals surface area contributed by atoms with Gasteiger partial charge in [-0.05, 0) is 29.7 Å². The second-order valence-electron chi connectivity index (χ2n) is 6.42. The Morgan fingerprint density at radius 1 is 1.08 bits per heavy atom. The first-order chi connectivity index (χ1) is 12.3. The van der Waals surface area contributed by atoms with E-state index in [-0.39, 0.29) is 0 Å². The first-order valence-corrected chi connectivity index (χ1v) is 8.45. The number of hydrogen-bond donors (Lipinski definition) is 0. The van der Waals surface area contributed by atoms with Crippen molar-refractivity contribution < 1.29 is 0 Å². The number of aliphatic imine (C=N–C) groups is 1. The van der Waals surface area contributed by atoms with Crippen molar-refractivity contribution in [2.45, 2.75) is 19.3 Å². The van der Waals surface area contributed by atoms with E-state index in [0.29, 0.717) is 5.92 Å². The summed E-state index contributed by atoms with van der Waals surface area (Å²) in [6.45, 7) is 2.24. The Labute approximate surface area is 145 Å². The van der Waals surface area contributed by atoms with Crippen molar-refractivity contribution in [3.05, 3.63) is 70.5 Å². The minimum atomic E-state index is 0.398. The van der Waals surface area contributed by atoms with Crippen LogP contribution in [0.1, 0.15) is 24.8 Å². The molecule has 0 amide bonds. The van der Waals surface area contributed by atoms with E-state index < -0.39 is 0 Å². The van der Waals surface area contributed by atoms with Crippen molar-refractivity contribution in [2.24, 2.45) is 9.98 Å². The average molecular weight is 321 g/mol. The summed E-state index contributed by atoms with van der Waals surface area (Å²) < 4.78 is 0. The molecule has 3 heteroatoms. The molecule has 3 nitrogen and oxygen atoms in total. The summed E-state index contributed by atoms with van der Waals surface area (Å²) in [5.41, 5.74) is 11.4. The van der Waals surface area contributed by atoms with E-state index >= 15 is 0 Å². The number of hydrogen-bond acceptors (Lipinski definition) is 3. The monoisotopic (exact) mass is 321 g/mol. The first-order valence-electron chi connectivity index (χ1n) is 8.45. The normalized spacial score (nSPS) is 16.9. The second kappa shape index (κ2) is 5.39. The lowest BCUT2D eigenvalue weighted by atomic mass is 9.89. The molecule has 3 aromatic rings. The quantitative estimate of drug-likeness (QED) is 0.628. The fourth-order valence-electron chi connectivity index (χ4n) is 3.62. The standard InChI is InChI=1S/C22H15N3/c1-14-11-13-24-22-19(14)16-9-10-18(15-6-3-2-4-7-15)25-20(16)17-8-5-12-23-21(17)22/h2-4,6-7,9-10,12-14H,11H2,1H3. The number of fused-ring (bicyclic) bond motifs is 6. The van der Waals surface area contributed by atoms with Gasteiger partial charge in [0.2, 0.25) is 0 Å². The maximum Gasteiger partial charge on any atom is 0.108 e. The maximum atomic E-state index is 4.97. The molecule has 2 aliphatic heterocycles. The van der Waals surface area contributed by atoms with Crippen LogP contribution in [-0.4, -0.2) is 11.2 Å². The zero-order chi connectivity index (χ0) is 16.8. The lowest BCUT2D eigenvalue weighted by molar-refractivity contribution is 0.806. The highest BCUT2D eigenvalue weighted by atomic mass is 14.8. The van der Waals surface area contributed by atoms with Gasteiger partial charge in [0, 0.05) is 17.2 Å². The largest absolute Gasteiger partial charge is 0.259 e. The van der Waals surface area contributed by atoms with Crippen LogP contribution in [0.5, 0.6) is 0 Å². The predicted molar refractivity (Wildman–Crippen MR) is 101 cm³/mol. The van der Waals surface area contributed by atoms with Gasteiger partial charge >= 0.3 is 0 Å². The number of nitrogens with zero attached hydrogens (tertiary/aromatic N) is 3. The Morgan fingerprint density at radius 3 is 2.84 bits per heavy atom. The molecule has 0 fully saturated rings. The van der Waals surface area contributed by atoms with E-state index in [0.717, 1.165) is 44.8 Å². The predicted octanol–water partition coefficient (Wildman–Crippen LogP) is 3.79. The van der Waals surface area contributed by atoms with E-state index in [2.05, 4.69) is 52.6 Å². The van der Waals surface area contributed by atoms with Crippen molar-refractivity contribution in [1.29, 1.82) is 0 Å². The van der Waals surface area contributed by atoms with Crippen molar-refractivity contribution in [3.8, 4) is 11.3 Å². The van der Waals surface area contributed by atoms with E-state index in [1.165, 1.54) is 5.56 Å². The van der Waals surface area contributed by atoms with Crippen LogP contribution in [0.2, 0.25) is 0 Å². The van der Waals surface area contributed by atoms with Gasteiger partial charge in [-0.1, -0.05) is 49.1 Å². The summed E-state index contributed by atoms with van der Waals surface area (Å²) in [6, 6.07) is 14.5. The summed E-state index contributed by atoms with van der Waals surface area (Å²) in [5.74, 6) is 0.398. The Hall–Kier alpha value is -3.25. The lowest BCUT2D eigenvalue weighted by Crippen LogP contribution is -2.29. The van der Waals surface area contributed by atoms with Gasteiger partial charge in [0.1, 0.15) is 5.36 Å². The van der Waals surface area contributed by atoms with Gasteiger partial charge in [0.05, 0.1) is 28.3 Å². The van der Waals surface area contributed by atoms with Crippen molar-refractivity contribution in [2.75, 3.05) is 0 Å². The highest BCUT2D eigenvalue weighted by Crippen LogP contribution is 2.35. The zero-order valence-corrected chi connectivity index (χ0v) is 13.8. The topological polar surface area (TPSA) is 37.6 Å². The lowest BCUT2D eigenvalue weighted by Gasteiger charge is -2.20. The number of aromatic nitrogens is 1. The molecule has 0 N–H and O–H groups in total. The SMILES string of the molecule is CC1CC=Nc2c1c1ccc(-c3ccccc3)nc1c1c2=NC=C=C=1. The first kappa shape index (κ1) is 14.1. The van der Waals surface area contributed by atoms with Crippen molar-refractivity contribution in [3.63, 3.8) is 0 Å². The minimum absolute atomic E-state index is 0.398. The molecule has 118 valence electrons. The van der Waals surface area contributed by atoms with Crippen LogP contribution in [0, 0.1) is 0 Å². The number of benzene rings is 2. The molecule has 0 saturated heterocycles. The third kappa shape index (κ3) is 2.11. The molecule has 3 heterocycles. The van der Waals surface area contributed by atoms with E-state index in [1.54, 1.807) is 6.20 Å². The van der Waals surface area contributed by atoms with Crippen LogP contribution in [0.4, 0.5) is 5.69 Å². The van der Waals surface area contributed by atoms with Crippen molar-refractivity contribution in [1.82, 2.24) is 4.98 Å². The Morgan fingerprint density at radius 2 is 1.96 bits per heavy atom. The molecule has 25 heavy (non-hydrogen) atoms. The maximum absolute atomic E-state index is 4.97. The second-order valence-corrected chi connectivity index (χ2v) is 6.42. The van der Waals surface area contributed by atoms with Crippen LogP contribution in [0.25, 0.3) is 27.9 Å². The van der Waals surface area contributed by atoms with Crippen LogP contribution in [0.3, 0.4) is 0 Å². The van der Waals surface area contributed by atoms with Gasteiger partial charge in [-0.15, -0.1) is 0 Å². The molecule has 0 aliphatic carbocycles. The highest BCUT2D eigenvalue weighted by molar-refractivity contribution is 5.92. The molecule has 2 aromatic carbocycles. The molecule has 0 radical (unpaired) electrons. The Balaban J connectivity index is 1.96. The van der Waals surface area contributed by atoms with Crippen molar-refractivity contribution >= 4 is 28.5 Å². The van der Waals surface area contributed by atoms with Crippen LogP contribution in [0.15, 0.2) is 64.4 Å². The summed E-state index contributed by atoms with van der Waals surface area (Å²) in [7, 11) is 0. The summed E-state index contributed by atoms with van der Waals surface area (Å²) in [5, 5.41) is 2.89. The average Bonchev–Trinajstić information content (AvgIpc) is 2.68. The number of pyridine rings is 1. The summed E-state index contributed by atoms with van der Waals surface area (Å²) in [6.07, 6.45) is 4.59. The third-order valence-corrected chi connectivity index (χ3v) is 4.84. The molecule has 0 saturated carbocycles. The Bertz CT molecular complexity index is 1240. The molecule has 1 unspecified atom stereocenters. The molecule has 1 aromatic heterocycles. The summed E-state index contributed by atoms with van der Waals surface area (Å²) in [4.78, 5) is 14.2. The van der Waals surface area contributed by atoms with E-state index in [4.69, 9.17) is 4.98 Å². The van der Waals surface area contributed by atoms with Crippen LogP contribution in [-0.2, 0) is 0 Å². The van der Waals surface area contributed by atoms with Crippen LogP contribution < -0.4 is 10.6 Å². The summed E-state index contributed by atoms with van der Waals surface area (Å²) >= 11 is 0. The third-order valence-electron chi connectivity index (χ3n) is 4.84. The molecular weight excluding hydrogens is 306 g/mol. The van der Waals surface area contributed by atoms with Crippen LogP contribution >= 0.6 is 0 Å². The Kier molecular flexibility index (Phi) is 3.05. The fraction of sp³-hybridized carbons (Fsp3) is 0.136. The molecule has 0 bridgehead atoms.